The Hall–Kier alpha value is -2.94. The van der Waals surface area contributed by atoms with E-state index in [1.54, 1.807) is 6.07 Å². The normalized spacial score (nSPS) is 25.6. The second kappa shape index (κ2) is 6.28. The summed E-state index contributed by atoms with van der Waals surface area (Å²) in [4.78, 5) is 53.0. The van der Waals surface area contributed by atoms with Crippen LogP contribution in [-0.4, -0.2) is 66.9 Å². The van der Waals surface area contributed by atoms with E-state index in [1.807, 2.05) is 13.1 Å². The molecule has 0 aliphatic carbocycles. The molecule has 9 heteroatoms. The van der Waals surface area contributed by atoms with E-state index in [2.05, 4.69) is 15.5 Å². The quantitative estimate of drug-likeness (QED) is 0.643. The summed E-state index contributed by atoms with van der Waals surface area (Å²) in [6.07, 6.45) is 2.08. The van der Waals surface area contributed by atoms with Crippen LogP contribution in [-0.2, 0) is 9.59 Å². The molecule has 4 aliphatic rings. The maximum absolute atomic E-state index is 13.2. The second-order valence-electron chi connectivity index (χ2n) is 8.11. The van der Waals surface area contributed by atoms with Crippen molar-refractivity contribution in [2.75, 3.05) is 31.6 Å². The Bertz CT molecular complexity index is 952. The van der Waals surface area contributed by atoms with Crippen LogP contribution in [0.1, 0.15) is 46.4 Å². The number of nitrogens with zero attached hydrogens (tertiary/aromatic N) is 2. The monoisotopic (exact) mass is 398 g/mol. The molecule has 0 radical (unpaired) electrons. The minimum absolute atomic E-state index is 0.0950. The number of hydrogen-bond donors (Lipinski definition) is 2. The number of likely N-dealkylation sites (N-methyl/N-ethyl adjacent to an activating group) is 1. The number of imide groups is 2. The van der Waals surface area contributed by atoms with Gasteiger partial charge >= 0.3 is 0 Å². The molecule has 152 valence electrons. The Morgan fingerprint density at radius 3 is 2.59 bits per heavy atom. The van der Waals surface area contributed by atoms with Gasteiger partial charge in [0.15, 0.2) is 5.75 Å². The Kier molecular flexibility index (Phi) is 3.92. The zero-order valence-electron chi connectivity index (χ0n) is 16.1. The molecule has 4 heterocycles. The van der Waals surface area contributed by atoms with Crippen LogP contribution < -0.4 is 20.3 Å². The molecule has 4 aliphatic heterocycles. The number of amides is 4. The first-order chi connectivity index (χ1) is 13.9. The number of carbonyl (C=O) groups is 4. The maximum atomic E-state index is 13.2. The fourth-order valence-electron chi connectivity index (χ4n) is 4.86. The van der Waals surface area contributed by atoms with E-state index >= 15 is 0 Å². The van der Waals surface area contributed by atoms with Crippen LogP contribution in [0.15, 0.2) is 12.1 Å². The summed E-state index contributed by atoms with van der Waals surface area (Å²) in [5.74, 6) is -1.65. The molecule has 4 amide bonds. The van der Waals surface area contributed by atoms with E-state index in [-0.39, 0.29) is 29.5 Å². The fourth-order valence-corrected chi connectivity index (χ4v) is 4.86. The van der Waals surface area contributed by atoms with E-state index in [4.69, 9.17) is 4.74 Å². The molecule has 1 spiro atoms. The van der Waals surface area contributed by atoms with E-state index < -0.39 is 29.7 Å². The van der Waals surface area contributed by atoms with Gasteiger partial charge in [-0.3, -0.25) is 29.4 Å². The van der Waals surface area contributed by atoms with Crippen molar-refractivity contribution in [2.45, 2.75) is 37.3 Å². The molecule has 0 bridgehead atoms. The van der Waals surface area contributed by atoms with Gasteiger partial charge in [-0.15, -0.1) is 0 Å². The third-order valence-electron chi connectivity index (χ3n) is 6.63. The van der Waals surface area contributed by atoms with Gasteiger partial charge in [0.05, 0.1) is 22.4 Å². The van der Waals surface area contributed by atoms with Crippen LogP contribution in [0.25, 0.3) is 0 Å². The van der Waals surface area contributed by atoms with Gasteiger partial charge in [0, 0.05) is 13.5 Å². The molecule has 1 aromatic carbocycles. The highest BCUT2D eigenvalue weighted by Crippen LogP contribution is 2.46. The third kappa shape index (κ3) is 2.50. The number of rotatable bonds is 1. The lowest BCUT2D eigenvalue weighted by atomic mass is 9.85. The zero-order chi connectivity index (χ0) is 20.3. The van der Waals surface area contributed by atoms with Crippen molar-refractivity contribution in [3.05, 3.63) is 23.3 Å². The second-order valence-corrected chi connectivity index (χ2v) is 8.11. The van der Waals surface area contributed by atoms with E-state index in [0.717, 1.165) is 36.5 Å². The molecule has 5 rings (SSSR count). The van der Waals surface area contributed by atoms with Crippen molar-refractivity contribution in [3.8, 4) is 5.75 Å². The first-order valence-corrected chi connectivity index (χ1v) is 9.89. The third-order valence-corrected chi connectivity index (χ3v) is 6.63. The summed E-state index contributed by atoms with van der Waals surface area (Å²) < 4.78 is 6.10. The van der Waals surface area contributed by atoms with Crippen LogP contribution >= 0.6 is 0 Å². The molecule has 9 nitrogen and oxygen atoms in total. The SMILES string of the molecule is CN1c2ccc3c(c2OCC12CCNCC2)C(=O)N(C1CCC(=O)NC1=O)C3=O. The van der Waals surface area contributed by atoms with Gasteiger partial charge < -0.3 is 15.0 Å². The number of benzene rings is 1. The number of hydrogen-bond acceptors (Lipinski definition) is 7. The standard InChI is InChI=1S/C20H22N4O5/c1-23-12-3-2-11-15(16(12)29-10-20(23)6-8-21-9-7-20)19(28)24(18(11)27)13-4-5-14(25)22-17(13)26/h2-3,13,21H,4-10H2,1H3,(H,22,25,26). The first-order valence-electron chi connectivity index (χ1n) is 9.89. The molecule has 2 saturated heterocycles. The molecule has 1 unspecified atom stereocenters. The highest BCUT2D eigenvalue weighted by molar-refractivity contribution is 6.25. The Labute approximate surface area is 167 Å². The van der Waals surface area contributed by atoms with Gasteiger partial charge in [-0.1, -0.05) is 0 Å². The van der Waals surface area contributed by atoms with Crippen molar-refractivity contribution in [1.82, 2.24) is 15.5 Å². The molecule has 1 atom stereocenters. The van der Waals surface area contributed by atoms with E-state index in [0.29, 0.717) is 12.4 Å². The Morgan fingerprint density at radius 2 is 1.86 bits per heavy atom. The minimum Gasteiger partial charge on any atom is -0.488 e. The lowest BCUT2D eigenvalue weighted by Gasteiger charge is -2.49. The minimum atomic E-state index is -0.979. The summed E-state index contributed by atoms with van der Waals surface area (Å²) >= 11 is 0. The summed E-state index contributed by atoms with van der Waals surface area (Å²) in [7, 11) is 2.00. The predicted molar refractivity (Wildman–Crippen MR) is 102 cm³/mol. The largest absolute Gasteiger partial charge is 0.488 e. The lowest BCUT2D eigenvalue weighted by molar-refractivity contribution is -0.136. The summed E-state index contributed by atoms with van der Waals surface area (Å²) in [5.41, 5.74) is 1.10. The topological polar surface area (TPSA) is 108 Å². The number of nitrogens with one attached hydrogen (secondary N) is 2. The molecule has 2 N–H and O–H groups in total. The highest BCUT2D eigenvalue weighted by Gasteiger charge is 2.49. The Morgan fingerprint density at radius 1 is 1.10 bits per heavy atom. The number of piperidine rings is 2. The molecule has 29 heavy (non-hydrogen) atoms. The Balaban J connectivity index is 1.52. The van der Waals surface area contributed by atoms with Crippen molar-refractivity contribution in [3.63, 3.8) is 0 Å². The van der Waals surface area contributed by atoms with Gasteiger partial charge in [0.1, 0.15) is 12.6 Å². The van der Waals surface area contributed by atoms with Crippen LogP contribution in [0.5, 0.6) is 5.75 Å². The number of anilines is 1. The van der Waals surface area contributed by atoms with Gasteiger partial charge in [-0.25, -0.2) is 0 Å². The van der Waals surface area contributed by atoms with Crippen LogP contribution in [0.4, 0.5) is 5.69 Å². The highest BCUT2D eigenvalue weighted by atomic mass is 16.5. The molecule has 1 aromatic rings. The van der Waals surface area contributed by atoms with E-state index in [9.17, 15) is 19.2 Å². The maximum Gasteiger partial charge on any atom is 0.266 e. The number of fused-ring (bicyclic) bond motifs is 3. The smallest absolute Gasteiger partial charge is 0.266 e. The predicted octanol–water partition coefficient (Wildman–Crippen LogP) is 0.0386. The molecular weight excluding hydrogens is 376 g/mol. The van der Waals surface area contributed by atoms with Crippen molar-refractivity contribution < 1.29 is 23.9 Å². The summed E-state index contributed by atoms with van der Waals surface area (Å²) in [6.45, 7) is 2.23. The molecular formula is C20H22N4O5. The summed E-state index contributed by atoms with van der Waals surface area (Å²) in [6, 6.07) is 2.48. The van der Waals surface area contributed by atoms with Crippen molar-refractivity contribution >= 4 is 29.3 Å². The molecule has 2 fully saturated rings. The first kappa shape index (κ1) is 18.1. The average Bonchev–Trinajstić information content (AvgIpc) is 2.97. The fraction of sp³-hybridized carbons (Fsp3) is 0.500. The van der Waals surface area contributed by atoms with E-state index in [1.165, 1.54) is 0 Å². The van der Waals surface area contributed by atoms with Gasteiger partial charge in [0.2, 0.25) is 11.8 Å². The van der Waals surface area contributed by atoms with Crippen LogP contribution in [0.2, 0.25) is 0 Å². The summed E-state index contributed by atoms with van der Waals surface area (Å²) in [5, 5.41) is 5.57. The van der Waals surface area contributed by atoms with Gasteiger partial charge in [-0.05, 0) is 44.5 Å². The molecule has 0 saturated carbocycles. The van der Waals surface area contributed by atoms with Crippen LogP contribution in [0.3, 0.4) is 0 Å². The van der Waals surface area contributed by atoms with Gasteiger partial charge in [-0.2, -0.15) is 0 Å². The van der Waals surface area contributed by atoms with Gasteiger partial charge in [0.25, 0.3) is 11.8 Å². The number of ether oxygens (including phenoxy) is 1. The lowest BCUT2D eigenvalue weighted by Crippen LogP contribution is -2.59. The molecule has 0 aromatic heterocycles. The van der Waals surface area contributed by atoms with Crippen molar-refractivity contribution in [2.24, 2.45) is 0 Å². The number of carbonyl (C=O) groups excluding carboxylic acids is 4. The van der Waals surface area contributed by atoms with Crippen LogP contribution in [0, 0.1) is 0 Å². The zero-order valence-corrected chi connectivity index (χ0v) is 16.1. The van der Waals surface area contributed by atoms with Crippen molar-refractivity contribution in [1.29, 1.82) is 0 Å². The average molecular weight is 398 g/mol.